The Bertz CT molecular complexity index is 560. The smallest absolute Gasteiger partial charge is 0.256 e. The van der Waals surface area contributed by atoms with Gasteiger partial charge in [-0.1, -0.05) is 12.1 Å². The van der Waals surface area contributed by atoms with E-state index in [0.29, 0.717) is 15.9 Å². The molecule has 1 aromatic heterocycles. The van der Waals surface area contributed by atoms with Gasteiger partial charge in [0.2, 0.25) is 0 Å². The summed E-state index contributed by atoms with van der Waals surface area (Å²) in [6.45, 7) is 0. The molecule has 1 amide bonds. The molecule has 1 aromatic carbocycles. The Morgan fingerprint density at radius 3 is 2.71 bits per heavy atom. The van der Waals surface area contributed by atoms with Crippen LogP contribution in [0.3, 0.4) is 0 Å². The molecule has 0 unspecified atom stereocenters. The van der Waals surface area contributed by atoms with Crippen LogP contribution in [0.5, 0.6) is 0 Å². The van der Waals surface area contributed by atoms with Crippen molar-refractivity contribution in [1.82, 2.24) is 4.98 Å². The maximum atomic E-state index is 12.0. The molecule has 0 radical (unpaired) electrons. The third kappa shape index (κ3) is 3.04. The minimum Gasteiger partial charge on any atom is -0.320 e. The van der Waals surface area contributed by atoms with Gasteiger partial charge < -0.3 is 5.32 Å². The third-order valence-corrected chi connectivity index (χ3v) is 3.70. The third-order valence-electron chi connectivity index (χ3n) is 2.13. The summed E-state index contributed by atoms with van der Waals surface area (Å²) in [5, 5.41) is 2.81. The lowest BCUT2D eigenvalue weighted by molar-refractivity contribution is 0.102. The number of amides is 1. The number of benzene rings is 1. The molecular formula is C12H8BrIN2O. The topological polar surface area (TPSA) is 42.0 Å². The largest absolute Gasteiger partial charge is 0.320 e. The van der Waals surface area contributed by atoms with Gasteiger partial charge in [0.1, 0.15) is 4.60 Å². The summed E-state index contributed by atoms with van der Waals surface area (Å²) in [5.41, 5.74) is 1.32. The van der Waals surface area contributed by atoms with Crippen molar-refractivity contribution in [1.29, 1.82) is 0 Å². The minimum atomic E-state index is -0.135. The van der Waals surface area contributed by atoms with E-state index in [4.69, 9.17) is 0 Å². The fourth-order valence-corrected chi connectivity index (χ4v) is 2.30. The van der Waals surface area contributed by atoms with Gasteiger partial charge in [-0.25, -0.2) is 4.98 Å². The number of aromatic nitrogens is 1. The lowest BCUT2D eigenvalue weighted by atomic mass is 10.2. The molecule has 86 valence electrons. The van der Waals surface area contributed by atoms with Gasteiger partial charge in [0.05, 0.1) is 11.3 Å². The van der Waals surface area contributed by atoms with E-state index in [9.17, 15) is 4.79 Å². The van der Waals surface area contributed by atoms with Crippen LogP contribution in [0.4, 0.5) is 5.69 Å². The van der Waals surface area contributed by atoms with Crippen molar-refractivity contribution in [2.24, 2.45) is 0 Å². The molecule has 5 heteroatoms. The zero-order valence-corrected chi connectivity index (χ0v) is 12.4. The number of anilines is 1. The van der Waals surface area contributed by atoms with Crippen LogP contribution in [-0.2, 0) is 0 Å². The van der Waals surface area contributed by atoms with Crippen LogP contribution < -0.4 is 5.32 Å². The highest BCUT2D eigenvalue weighted by atomic mass is 127. The number of nitrogens with one attached hydrogen (secondary N) is 1. The van der Waals surface area contributed by atoms with Gasteiger partial charge in [0.15, 0.2) is 0 Å². The van der Waals surface area contributed by atoms with Gasteiger partial charge in [-0.05, 0) is 62.8 Å². The number of nitrogens with zero attached hydrogens (tertiary/aromatic N) is 1. The lowest BCUT2D eigenvalue weighted by Gasteiger charge is -2.07. The average Bonchev–Trinajstić information content (AvgIpc) is 2.32. The van der Waals surface area contributed by atoms with Crippen molar-refractivity contribution in [3.05, 3.63) is 56.3 Å². The second-order valence-electron chi connectivity index (χ2n) is 3.28. The van der Waals surface area contributed by atoms with Crippen LogP contribution in [0.15, 0.2) is 47.2 Å². The van der Waals surface area contributed by atoms with Gasteiger partial charge in [0, 0.05) is 9.77 Å². The summed E-state index contributed by atoms with van der Waals surface area (Å²) in [6, 6.07) is 11.0. The number of carbonyl (C=O) groups is 1. The van der Waals surface area contributed by atoms with Crippen molar-refractivity contribution < 1.29 is 4.79 Å². The fourth-order valence-electron chi connectivity index (χ4n) is 1.31. The first-order chi connectivity index (χ1) is 8.18. The van der Waals surface area contributed by atoms with E-state index in [1.165, 1.54) is 0 Å². The highest BCUT2D eigenvalue weighted by molar-refractivity contribution is 14.1. The monoisotopic (exact) mass is 402 g/mol. The highest BCUT2D eigenvalue weighted by Gasteiger charge is 2.10. The van der Waals surface area contributed by atoms with Crippen LogP contribution in [-0.4, -0.2) is 10.9 Å². The molecule has 2 aromatic rings. The van der Waals surface area contributed by atoms with Gasteiger partial charge in [-0.2, -0.15) is 0 Å². The van der Waals surface area contributed by atoms with Crippen LogP contribution in [0, 0.1) is 3.57 Å². The maximum Gasteiger partial charge on any atom is 0.256 e. The molecular weight excluding hydrogens is 395 g/mol. The van der Waals surface area contributed by atoms with E-state index in [-0.39, 0.29) is 5.91 Å². The lowest BCUT2D eigenvalue weighted by Crippen LogP contribution is -2.13. The zero-order valence-electron chi connectivity index (χ0n) is 8.65. The Morgan fingerprint density at radius 1 is 1.24 bits per heavy atom. The number of pyridine rings is 1. The average molecular weight is 403 g/mol. The summed E-state index contributed by atoms with van der Waals surface area (Å²) in [5.74, 6) is -0.135. The molecule has 0 aliphatic carbocycles. The Kier molecular flexibility index (Phi) is 4.11. The Morgan fingerprint density at radius 2 is 2.00 bits per heavy atom. The summed E-state index contributed by atoms with van der Waals surface area (Å²) in [4.78, 5) is 16.1. The van der Waals surface area contributed by atoms with E-state index >= 15 is 0 Å². The SMILES string of the molecule is O=C(Nc1cccnc1Br)c1ccccc1I. The van der Waals surface area contributed by atoms with Gasteiger partial charge in [-0.15, -0.1) is 0 Å². The van der Waals surface area contributed by atoms with Crippen molar-refractivity contribution in [2.75, 3.05) is 5.32 Å². The van der Waals surface area contributed by atoms with E-state index in [1.54, 1.807) is 24.4 Å². The van der Waals surface area contributed by atoms with E-state index in [0.717, 1.165) is 3.57 Å². The molecule has 1 heterocycles. The number of rotatable bonds is 2. The molecule has 0 fully saturated rings. The maximum absolute atomic E-state index is 12.0. The van der Waals surface area contributed by atoms with E-state index < -0.39 is 0 Å². The second-order valence-corrected chi connectivity index (χ2v) is 5.19. The summed E-state index contributed by atoms with van der Waals surface area (Å²) >= 11 is 5.43. The first kappa shape index (κ1) is 12.5. The highest BCUT2D eigenvalue weighted by Crippen LogP contribution is 2.20. The first-order valence-electron chi connectivity index (χ1n) is 4.85. The zero-order chi connectivity index (χ0) is 12.3. The molecule has 0 atom stereocenters. The van der Waals surface area contributed by atoms with Crippen LogP contribution in [0.25, 0.3) is 0 Å². The molecule has 17 heavy (non-hydrogen) atoms. The molecule has 0 saturated carbocycles. The van der Waals surface area contributed by atoms with E-state index in [1.807, 2.05) is 18.2 Å². The number of hydrogen-bond acceptors (Lipinski definition) is 2. The molecule has 0 saturated heterocycles. The van der Waals surface area contributed by atoms with Crippen LogP contribution >= 0.6 is 38.5 Å². The van der Waals surface area contributed by atoms with Crippen LogP contribution in [0.1, 0.15) is 10.4 Å². The van der Waals surface area contributed by atoms with Gasteiger partial charge in [0.25, 0.3) is 5.91 Å². The molecule has 2 rings (SSSR count). The fraction of sp³-hybridized carbons (Fsp3) is 0. The van der Waals surface area contributed by atoms with Gasteiger partial charge in [-0.3, -0.25) is 4.79 Å². The normalized spacial score (nSPS) is 10.0. The summed E-state index contributed by atoms with van der Waals surface area (Å²) in [6.07, 6.45) is 1.66. The molecule has 0 spiro atoms. The van der Waals surface area contributed by atoms with Gasteiger partial charge >= 0.3 is 0 Å². The predicted octanol–water partition coefficient (Wildman–Crippen LogP) is 3.70. The van der Waals surface area contributed by atoms with Crippen molar-refractivity contribution in [3.8, 4) is 0 Å². The number of halogens is 2. The van der Waals surface area contributed by atoms with Crippen molar-refractivity contribution >= 4 is 50.1 Å². The Balaban J connectivity index is 2.24. The van der Waals surface area contributed by atoms with Crippen molar-refractivity contribution in [2.45, 2.75) is 0 Å². The Labute approximate surface area is 121 Å². The Hall–Kier alpha value is -0.950. The molecule has 0 aliphatic rings. The van der Waals surface area contributed by atoms with Crippen molar-refractivity contribution in [3.63, 3.8) is 0 Å². The predicted molar refractivity (Wildman–Crippen MR) is 79.0 cm³/mol. The molecule has 0 aliphatic heterocycles. The standard InChI is InChI=1S/C12H8BrIN2O/c13-11-10(6-3-7-15-11)16-12(17)8-4-1-2-5-9(8)14/h1-7H,(H,16,17). The van der Waals surface area contributed by atoms with Crippen LogP contribution in [0.2, 0.25) is 0 Å². The summed E-state index contributed by atoms with van der Waals surface area (Å²) < 4.78 is 1.54. The second kappa shape index (κ2) is 5.59. The minimum absolute atomic E-state index is 0.135. The summed E-state index contributed by atoms with van der Waals surface area (Å²) in [7, 11) is 0. The molecule has 3 nitrogen and oxygen atoms in total. The molecule has 1 N–H and O–H groups in total. The number of hydrogen-bond donors (Lipinski definition) is 1. The quantitative estimate of drug-likeness (QED) is 0.614. The van der Waals surface area contributed by atoms with E-state index in [2.05, 4.69) is 48.8 Å². The molecule has 0 bridgehead atoms. The number of carbonyl (C=O) groups excluding carboxylic acids is 1. The first-order valence-corrected chi connectivity index (χ1v) is 6.72.